The summed E-state index contributed by atoms with van der Waals surface area (Å²) in [6.45, 7) is 2.00. The number of carbonyl (C=O) groups is 2. The summed E-state index contributed by atoms with van der Waals surface area (Å²) >= 11 is 0. The van der Waals surface area contributed by atoms with Crippen LogP contribution in [0, 0.1) is 6.92 Å². The second kappa shape index (κ2) is 6.51. The first-order valence-corrected chi connectivity index (χ1v) is 6.33. The first-order valence-electron chi connectivity index (χ1n) is 6.33. The molecule has 0 fully saturated rings. The van der Waals surface area contributed by atoms with Gasteiger partial charge < -0.3 is 10.4 Å². The van der Waals surface area contributed by atoms with Crippen LogP contribution in [0.25, 0.3) is 6.08 Å². The Bertz CT molecular complexity index is 675. The summed E-state index contributed by atoms with van der Waals surface area (Å²) in [7, 11) is 0. The van der Waals surface area contributed by atoms with Crippen molar-refractivity contribution in [3.05, 3.63) is 53.9 Å². The van der Waals surface area contributed by atoms with Gasteiger partial charge in [-0.2, -0.15) is 5.10 Å². The molecule has 0 radical (unpaired) electrons. The van der Waals surface area contributed by atoms with Crippen molar-refractivity contribution >= 4 is 23.6 Å². The number of aromatic nitrogens is 2. The summed E-state index contributed by atoms with van der Waals surface area (Å²) in [5.74, 6) is -1.21. The van der Waals surface area contributed by atoms with Gasteiger partial charge in [0.1, 0.15) is 6.54 Å². The van der Waals surface area contributed by atoms with E-state index in [-0.39, 0.29) is 12.5 Å². The number of aryl methyl sites for hydroxylation is 1. The number of nitrogens with zero attached hydrogens (tertiary/aromatic N) is 2. The lowest BCUT2D eigenvalue weighted by molar-refractivity contribution is -0.131. The van der Waals surface area contributed by atoms with Crippen molar-refractivity contribution in [3.8, 4) is 0 Å². The van der Waals surface area contributed by atoms with Gasteiger partial charge in [-0.1, -0.05) is 6.07 Å². The molecule has 0 aliphatic heterocycles. The fourth-order valence-electron chi connectivity index (χ4n) is 1.89. The maximum Gasteiger partial charge on any atom is 0.328 e. The van der Waals surface area contributed by atoms with E-state index in [1.165, 1.54) is 10.8 Å². The van der Waals surface area contributed by atoms with Gasteiger partial charge in [0.05, 0.1) is 0 Å². The van der Waals surface area contributed by atoms with E-state index in [0.29, 0.717) is 11.3 Å². The van der Waals surface area contributed by atoms with Crippen molar-refractivity contribution in [2.24, 2.45) is 0 Å². The van der Waals surface area contributed by atoms with Gasteiger partial charge in [0.15, 0.2) is 0 Å². The van der Waals surface area contributed by atoms with Gasteiger partial charge in [0.2, 0.25) is 5.91 Å². The average molecular weight is 285 g/mol. The van der Waals surface area contributed by atoms with Crippen LogP contribution in [0.4, 0.5) is 5.69 Å². The normalized spacial score (nSPS) is 10.7. The van der Waals surface area contributed by atoms with Gasteiger partial charge in [-0.15, -0.1) is 0 Å². The maximum absolute atomic E-state index is 11.9. The zero-order chi connectivity index (χ0) is 15.2. The first kappa shape index (κ1) is 14.5. The molecule has 0 aliphatic rings. The van der Waals surface area contributed by atoms with Crippen LogP contribution < -0.4 is 5.32 Å². The number of hydrogen-bond donors (Lipinski definition) is 2. The summed E-state index contributed by atoms with van der Waals surface area (Å²) in [6.07, 6.45) is 5.86. The predicted molar refractivity (Wildman–Crippen MR) is 78.7 cm³/mol. The number of rotatable bonds is 5. The molecule has 2 N–H and O–H groups in total. The van der Waals surface area contributed by atoms with Gasteiger partial charge in [0.25, 0.3) is 0 Å². The van der Waals surface area contributed by atoms with Crippen LogP contribution in [0.5, 0.6) is 0 Å². The fraction of sp³-hybridized carbons (Fsp3) is 0.133. The number of anilines is 1. The smallest absolute Gasteiger partial charge is 0.328 e. The monoisotopic (exact) mass is 285 g/mol. The number of amides is 1. The number of aliphatic carboxylic acids is 1. The highest BCUT2D eigenvalue weighted by Gasteiger charge is 2.05. The first-order chi connectivity index (χ1) is 10.0. The Morgan fingerprint density at radius 3 is 2.86 bits per heavy atom. The SMILES string of the molecule is Cc1cc(/C=C/C(=O)O)cc(NC(=O)Cn2cccn2)c1. The Morgan fingerprint density at radius 2 is 2.19 bits per heavy atom. The Labute approximate surface area is 121 Å². The molecule has 0 aliphatic carbocycles. The van der Waals surface area contributed by atoms with Gasteiger partial charge in [-0.3, -0.25) is 9.48 Å². The Balaban J connectivity index is 2.09. The number of hydrogen-bond acceptors (Lipinski definition) is 3. The van der Waals surface area contributed by atoms with Gasteiger partial charge in [-0.05, 0) is 42.3 Å². The summed E-state index contributed by atoms with van der Waals surface area (Å²) in [6, 6.07) is 7.11. The van der Waals surface area contributed by atoms with Crippen LogP contribution in [-0.2, 0) is 16.1 Å². The largest absolute Gasteiger partial charge is 0.478 e. The van der Waals surface area contributed by atoms with Crippen molar-refractivity contribution in [1.29, 1.82) is 0 Å². The van der Waals surface area contributed by atoms with Crippen molar-refractivity contribution < 1.29 is 14.7 Å². The second-order valence-corrected chi connectivity index (χ2v) is 4.56. The molecule has 2 aromatic rings. The number of carbonyl (C=O) groups excluding carboxylic acids is 1. The molecule has 2 rings (SSSR count). The molecule has 1 amide bonds. The molecule has 0 unspecified atom stereocenters. The minimum atomic E-state index is -1.01. The van der Waals surface area contributed by atoms with Gasteiger partial charge in [-0.25, -0.2) is 4.79 Å². The van der Waals surface area contributed by atoms with Crippen LogP contribution >= 0.6 is 0 Å². The number of carboxylic acids is 1. The molecule has 0 saturated heterocycles. The van der Waals surface area contributed by atoms with E-state index in [1.807, 2.05) is 19.1 Å². The third-order valence-electron chi connectivity index (χ3n) is 2.67. The topological polar surface area (TPSA) is 84.2 Å². The molecule has 0 bridgehead atoms. The number of carboxylic acid groups (broad SMARTS) is 1. The summed E-state index contributed by atoms with van der Waals surface area (Å²) in [5, 5.41) is 15.4. The molecule has 1 aromatic carbocycles. The summed E-state index contributed by atoms with van der Waals surface area (Å²) < 4.78 is 1.52. The molecule has 1 heterocycles. The summed E-state index contributed by atoms with van der Waals surface area (Å²) in [5.41, 5.74) is 2.26. The van der Waals surface area contributed by atoms with Crippen LogP contribution in [0.15, 0.2) is 42.7 Å². The third-order valence-corrected chi connectivity index (χ3v) is 2.67. The highest BCUT2D eigenvalue weighted by molar-refractivity contribution is 5.91. The molecule has 6 heteroatoms. The van der Waals surface area contributed by atoms with E-state index < -0.39 is 5.97 Å². The van der Waals surface area contributed by atoms with Crippen molar-refractivity contribution in [3.63, 3.8) is 0 Å². The second-order valence-electron chi connectivity index (χ2n) is 4.56. The molecule has 0 atom stereocenters. The Kier molecular flexibility index (Phi) is 4.50. The summed E-state index contributed by atoms with van der Waals surface area (Å²) in [4.78, 5) is 22.4. The molecule has 0 spiro atoms. The van der Waals surface area contributed by atoms with E-state index in [2.05, 4.69) is 10.4 Å². The highest BCUT2D eigenvalue weighted by Crippen LogP contribution is 2.16. The van der Waals surface area contributed by atoms with E-state index in [9.17, 15) is 9.59 Å². The molecular weight excluding hydrogens is 270 g/mol. The Morgan fingerprint density at radius 1 is 1.38 bits per heavy atom. The quantitative estimate of drug-likeness (QED) is 0.822. The van der Waals surface area contributed by atoms with E-state index in [4.69, 9.17) is 5.11 Å². The standard InChI is InChI=1S/C15H15N3O3/c1-11-7-12(3-4-15(20)21)9-13(8-11)17-14(19)10-18-6-2-5-16-18/h2-9H,10H2,1H3,(H,17,19)(H,20,21)/b4-3+. The lowest BCUT2D eigenvalue weighted by Gasteiger charge is -2.08. The average Bonchev–Trinajstić information content (AvgIpc) is 2.88. The highest BCUT2D eigenvalue weighted by atomic mass is 16.4. The van der Waals surface area contributed by atoms with Crippen LogP contribution in [0.1, 0.15) is 11.1 Å². The van der Waals surface area contributed by atoms with Crippen LogP contribution in [0.3, 0.4) is 0 Å². The zero-order valence-corrected chi connectivity index (χ0v) is 11.5. The predicted octanol–water partition coefficient (Wildman–Crippen LogP) is 1.93. The number of benzene rings is 1. The van der Waals surface area contributed by atoms with Crippen LogP contribution in [-0.4, -0.2) is 26.8 Å². The maximum atomic E-state index is 11.9. The Hall–Kier alpha value is -2.89. The van der Waals surface area contributed by atoms with Crippen molar-refractivity contribution in [1.82, 2.24) is 9.78 Å². The lowest BCUT2D eigenvalue weighted by Crippen LogP contribution is -2.19. The minimum Gasteiger partial charge on any atom is -0.478 e. The molecular formula is C15H15N3O3. The van der Waals surface area contributed by atoms with Crippen molar-refractivity contribution in [2.45, 2.75) is 13.5 Å². The van der Waals surface area contributed by atoms with E-state index in [1.54, 1.807) is 24.5 Å². The zero-order valence-electron chi connectivity index (χ0n) is 11.5. The van der Waals surface area contributed by atoms with Gasteiger partial charge in [0, 0.05) is 24.2 Å². The third kappa shape index (κ3) is 4.61. The molecule has 21 heavy (non-hydrogen) atoms. The molecule has 1 aromatic heterocycles. The van der Waals surface area contributed by atoms with Crippen molar-refractivity contribution in [2.75, 3.05) is 5.32 Å². The molecule has 6 nitrogen and oxygen atoms in total. The number of nitrogens with one attached hydrogen (secondary N) is 1. The van der Waals surface area contributed by atoms with Crippen LogP contribution in [0.2, 0.25) is 0 Å². The minimum absolute atomic E-state index is 0.126. The fourth-order valence-corrected chi connectivity index (χ4v) is 1.89. The van der Waals surface area contributed by atoms with E-state index in [0.717, 1.165) is 11.6 Å². The van der Waals surface area contributed by atoms with Gasteiger partial charge >= 0.3 is 5.97 Å². The lowest BCUT2D eigenvalue weighted by atomic mass is 10.1. The van der Waals surface area contributed by atoms with E-state index >= 15 is 0 Å². The molecule has 0 saturated carbocycles. The molecule has 108 valence electrons.